The molecule has 1 aromatic heterocycles. The molecular weight excluding hydrogens is 242 g/mol. The van der Waals surface area contributed by atoms with Crippen molar-refractivity contribution < 1.29 is 4.79 Å². The van der Waals surface area contributed by atoms with E-state index in [1.54, 1.807) is 6.33 Å². The summed E-state index contributed by atoms with van der Waals surface area (Å²) in [6, 6.07) is 0. The highest BCUT2D eigenvalue weighted by atomic mass is 16.1. The third-order valence-corrected chi connectivity index (χ3v) is 3.09. The summed E-state index contributed by atoms with van der Waals surface area (Å²) in [7, 11) is 0. The lowest BCUT2D eigenvalue weighted by atomic mass is 9.94. The van der Waals surface area contributed by atoms with Gasteiger partial charge in [-0.05, 0) is 31.7 Å². The lowest BCUT2D eigenvalue weighted by Crippen LogP contribution is -2.29. The minimum absolute atomic E-state index is 0.0294. The molecular formula is C13H25N5O. The summed E-state index contributed by atoms with van der Waals surface area (Å²) in [4.78, 5) is 11.9. The largest absolute Gasteiger partial charge is 0.349 e. The van der Waals surface area contributed by atoms with E-state index in [2.05, 4.69) is 29.4 Å². The van der Waals surface area contributed by atoms with Gasteiger partial charge in [0, 0.05) is 13.0 Å². The van der Waals surface area contributed by atoms with Gasteiger partial charge < -0.3 is 15.6 Å². The van der Waals surface area contributed by atoms with Crippen LogP contribution in [0.15, 0.2) is 6.33 Å². The molecule has 0 fully saturated rings. The Labute approximate surface area is 114 Å². The van der Waals surface area contributed by atoms with E-state index in [1.165, 1.54) is 0 Å². The van der Waals surface area contributed by atoms with Crippen LogP contribution in [0.2, 0.25) is 0 Å². The van der Waals surface area contributed by atoms with Gasteiger partial charge >= 0.3 is 0 Å². The number of carbonyl (C=O) groups is 1. The zero-order valence-corrected chi connectivity index (χ0v) is 12.1. The van der Waals surface area contributed by atoms with Gasteiger partial charge in [0.1, 0.15) is 6.33 Å². The monoisotopic (exact) mass is 267 g/mol. The summed E-state index contributed by atoms with van der Waals surface area (Å²) in [6.07, 6.45) is 3.13. The molecule has 0 saturated heterocycles. The van der Waals surface area contributed by atoms with E-state index in [0.29, 0.717) is 25.4 Å². The smallest absolute Gasteiger partial charge is 0.220 e. The minimum Gasteiger partial charge on any atom is -0.349 e. The van der Waals surface area contributed by atoms with Crippen molar-refractivity contribution in [3.05, 3.63) is 12.2 Å². The molecule has 0 aromatic carbocycles. The highest BCUT2D eigenvalue weighted by Crippen LogP contribution is 2.14. The standard InChI is InChI=1S/C13H25N5O/c1-4-18-9-16-17-12(18)8-15-13(19)6-11(7-14)5-10(2)3/h9-11H,4-8,14H2,1-3H3,(H,15,19)/t11-/m0/s1. The summed E-state index contributed by atoms with van der Waals surface area (Å²) in [5.74, 6) is 1.62. The van der Waals surface area contributed by atoms with Crippen LogP contribution in [-0.2, 0) is 17.9 Å². The fourth-order valence-electron chi connectivity index (χ4n) is 2.12. The summed E-state index contributed by atoms with van der Waals surface area (Å²) < 4.78 is 1.91. The van der Waals surface area contributed by atoms with Crippen LogP contribution in [-0.4, -0.2) is 27.2 Å². The van der Waals surface area contributed by atoms with Gasteiger partial charge in [0.15, 0.2) is 5.82 Å². The van der Waals surface area contributed by atoms with E-state index in [0.717, 1.165) is 18.8 Å². The molecule has 1 atom stereocenters. The van der Waals surface area contributed by atoms with Gasteiger partial charge in [0.2, 0.25) is 5.91 Å². The van der Waals surface area contributed by atoms with Crippen LogP contribution in [0.5, 0.6) is 0 Å². The lowest BCUT2D eigenvalue weighted by molar-refractivity contribution is -0.122. The molecule has 0 spiro atoms. The second-order valence-corrected chi connectivity index (χ2v) is 5.25. The zero-order valence-electron chi connectivity index (χ0n) is 12.1. The SMILES string of the molecule is CCn1cnnc1CNC(=O)C[C@@H](CN)CC(C)C. The van der Waals surface area contributed by atoms with Crippen molar-refractivity contribution in [1.29, 1.82) is 0 Å². The Kier molecular flexibility index (Phi) is 6.49. The lowest BCUT2D eigenvalue weighted by Gasteiger charge is -2.16. The number of nitrogens with zero attached hydrogens (tertiary/aromatic N) is 3. The predicted octanol–water partition coefficient (Wildman–Crippen LogP) is 0.925. The quantitative estimate of drug-likeness (QED) is 0.733. The number of rotatable bonds is 8. The van der Waals surface area contributed by atoms with Crippen LogP contribution in [0.1, 0.15) is 39.4 Å². The Morgan fingerprint density at radius 3 is 2.84 bits per heavy atom. The van der Waals surface area contributed by atoms with E-state index in [9.17, 15) is 4.79 Å². The molecule has 1 amide bonds. The Morgan fingerprint density at radius 1 is 1.53 bits per heavy atom. The second kappa shape index (κ2) is 7.89. The van der Waals surface area contributed by atoms with Gasteiger partial charge in [-0.2, -0.15) is 0 Å². The third kappa shape index (κ3) is 5.38. The number of hydrogen-bond acceptors (Lipinski definition) is 4. The van der Waals surface area contributed by atoms with Crippen LogP contribution < -0.4 is 11.1 Å². The van der Waals surface area contributed by atoms with Gasteiger partial charge in [-0.25, -0.2) is 0 Å². The third-order valence-electron chi connectivity index (χ3n) is 3.09. The highest BCUT2D eigenvalue weighted by Gasteiger charge is 2.14. The predicted molar refractivity (Wildman–Crippen MR) is 74.2 cm³/mol. The molecule has 1 heterocycles. The molecule has 6 nitrogen and oxygen atoms in total. The molecule has 108 valence electrons. The van der Waals surface area contributed by atoms with Crippen molar-refractivity contribution >= 4 is 5.91 Å². The average Bonchev–Trinajstić information content (AvgIpc) is 2.82. The molecule has 0 bridgehead atoms. The Morgan fingerprint density at radius 2 is 2.26 bits per heavy atom. The summed E-state index contributed by atoms with van der Waals surface area (Å²) in [6.45, 7) is 8.08. The molecule has 3 N–H and O–H groups in total. The number of nitrogens with two attached hydrogens (primary N) is 1. The van der Waals surface area contributed by atoms with Crippen LogP contribution in [0.4, 0.5) is 0 Å². The molecule has 6 heteroatoms. The van der Waals surface area contributed by atoms with E-state index in [4.69, 9.17) is 5.73 Å². The number of aromatic nitrogens is 3. The van der Waals surface area contributed by atoms with Crippen LogP contribution in [0, 0.1) is 11.8 Å². The van der Waals surface area contributed by atoms with Gasteiger partial charge in [0.05, 0.1) is 6.54 Å². The summed E-state index contributed by atoms with van der Waals surface area (Å²) >= 11 is 0. The number of hydrogen-bond donors (Lipinski definition) is 2. The van der Waals surface area contributed by atoms with Gasteiger partial charge in [-0.15, -0.1) is 10.2 Å². The van der Waals surface area contributed by atoms with Crippen LogP contribution >= 0.6 is 0 Å². The molecule has 0 aliphatic heterocycles. The topological polar surface area (TPSA) is 85.8 Å². The molecule has 0 aliphatic carbocycles. The normalized spacial score (nSPS) is 12.7. The van der Waals surface area contributed by atoms with Crippen molar-refractivity contribution in [1.82, 2.24) is 20.1 Å². The van der Waals surface area contributed by atoms with E-state index < -0.39 is 0 Å². The Balaban J connectivity index is 2.38. The molecule has 1 rings (SSSR count). The van der Waals surface area contributed by atoms with E-state index in [-0.39, 0.29) is 11.8 Å². The second-order valence-electron chi connectivity index (χ2n) is 5.25. The number of amides is 1. The number of nitrogens with one attached hydrogen (secondary N) is 1. The van der Waals surface area contributed by atoms with Crippen LogP contribution in [0.3, 0.4) is 0 Å². The maximum absolute atomic E-state index is 11.9. The maximum Gasteiger partial charge on any atom is 0.220 e. The first-order valence-corrected chi connectivity index (χ1v) is 6.90. The fraction of sp³-hybridized carbons (Fsp3) is 0.769. The summed E-state index contributed by atoms with van der Waals surface area (Å²) in [5.41, 5.74) is 5.70. The molecule has 19 heavy (non-hydrogen) atoms. The van der Waals surface area contributed by atoms with Crippen molar-refractivity contribution in [3.63, 3.8) is 0 Å². The minimum atomic E-state index is 0.0294. The Bertz CT molecular complexity index is 388. The first-order chi connectivity index (χ1) is 9.06. The van der Waals surface area contributed by atoms with Gasteiger partial charge in [0.25, 0.3) is 0 Å². The van der Waals surface area contributed by atoms with Crippen molar-refractivity contribution in [2.75, 3.05) is 6.54 Å². The molecule has 1 aromatic rings. The highest BCUT2D eigenvalue weighted by molar-refractivity contribution is 5.76. The number of carbonyl (C=O) groups excluding carboxylic acids is 1. The van der Waals surface area contributed by atoms with Crippen molar-refractivity contribution in [2.45, 2.75) is 46.7 Å². The summed E-state index contributed by atoms with van der Waals surface area (Å²) in [5, 5.41) is 10.7. The fourth-order valence-corrected chi connectivity index (χ4v) is 2.12. The maximum atomic E-state index is 11.9. The first-order valence-electron chi connectivity index (χ1n) is 6.90. The Hall–Kier alpha value is -1.43. The van der Waals surface area contributed by atoms with E-state index >= 15 is 0 Å². The van der Waals surface area contributed by atoms with Gasteiger partial charge in [-0.3, -0.25) is 4.79 Å². The first kappa shape index (κ1) is 15.6. The molecule has 0 unspecified atom stereocenters. The van der Waals surface area contributed by atoms with Crippen molar-refractivity contribution in [2.24, 2.45) is 17.6 Å². The zero-order chi connectivity index (χ0) is 14.3. The van der Waals surface area contributed by atoms with Gasteiger partial charge in [-0.1, -0.05) is 13.8 Å². The average molecular weight is 267 g/mol. The van der Waals surface area contributed by atoms with E-state index in [1.807, 2.05) is 11.5 Å². The van der Waals surface area contributed by atoms with Crippen molar-refractivity contribution in [3.8, 4) is 0 Å². The molecule has 0 saturated carbocycles. The molecule has 0 radical (unpaired) electrons. The van der Waals surface area contributed by atoms with Crippen LogP contribution in [0.25, 0.3) is 0 Å². The number of aryl methyl sites for hydroxylation is 1. The molecule has 0 aliphatic rings.